The van der Waals surface area contributed by atoms with Crippen LogP contribution in [0.5, 0.6) is 0 Å². The highest BCUT2D eigenvalue weighted by atomic mass is 32.2. The topological polar surface area (TPSA) is 219 Å². The fraction of sp³-hybridized carbons (Fsp3) is 0.824. The van der Waals surface area contributed by atoms with Crippen molar-refractivity contribution in [1.29, 1.82) is 5.41 Å². The molecule has 0 bridgehead atoms. The third-order valence-corrected chi connectivity index (χ3v) is 8.11. The zero-order valence-corrected chi connectivity index (χ0v) is 32.6. The molecule has 288 valence electrons. The van der Waals surface area contributed by atoms with Crippen LogP contribution < -0.4 is 27.6 Å². The lowest BCUT2D eigenvalue weighted by molar-refractivity contribution is -0.132. The van der Waals surface area contributed by atoms with Gasteiger partial charge in [-0.25, -0.2) is 0 Å². The second-order valence-electron chi connectivity index (χ2n) is 12.4. The molecule has 15 heteroatoms. The Hall–Kier alpha value is -2.59. The highest BCUT2D eigenvalue weighted by molar-refractivity contribution is 8.00. The Morgan fingerprint density at radius 2 is 1.61 bits per heavy atom. The van der Waals surface area contributed by atoms with Crippen molar-refractivity contribution >= 4 is 47.9 Å². The second kappa shape index (κ2) is 31.4. The van der Waals surface area contributed by atoms with Crippen LogP contribution in [0.2, 0.25) is 0 Å². The predicted octanol–water partition coefficient (Wildman–Crippen LogP) is 3.10. The van der Waals surface area contributed by atoms with Crippen molar-refractivity contribution in [2.75, 3.05) is 45.6 Å². The summed E-state index contributed by atoms with van der Waals surface area (Å²) < 4.78 is 11.8. The van der Waals surface area contributed by atoms with Gasteiger partial charge < -0.3 is 40.9 Å². The molecule has 0 aromatic carbocycles. The number of hydrogen-bond acceptors (Lipinski definition) is 11. The minimum absolute atomic E-state index is 0.126. The number of aldehydes is 1. The maximum atomic E-state index is 12.5. The number of primary amides is 1. The number of amides is 4. The SMILES string of the molecule is CC.CC=N.CCCCSC(C=O)CC(=O)N(C)CCC(=O)NCCCCC(NC(=O)CCC(C)(C)OCC(C)(C)OCCNN)C(N)=O. The Kier molecular flexibility index (Phi) is 32.5. The van der Waals surface area contributed by atoms with Crippen LogP contribution in [0.4, 0.5) is 0 Å². The molecule has 0 saturated carbocycles. The molecule has 8 N–H and O–H groups in total. The molecule has 0 aliphatic rings. The van der Waals surface area contributed by atoms with Crippen LogP contribution in [0.15, 0.2) is 0 Å². The lowest BCUT2D eigenvalue weighted by atomic mass is 10.0. The molecule has 0 rings (SSSR count). The van der Waals surface area contributed by atoms with Gasteiger partial charge in [-0.1, -0.05) is 27.2 Å². The van der Waals surface area contributed by atoms with Gasteiger partial charge in [0.1, 0.15) is 12.3 Å². The number of nitrogens with two attached hydrogens (primary N) is 2. The molecule has 0 saturated heterocycles. The van der Waals surface area contributed by atoms with Gasteiger partial charge in [0, 0.05) is 45.9 Å². The highest BCUT2D eigenvalue weighted by Crippen LogP contribution is 2.21. The van der Waals surface area contributed by atoms with E-state index in [1.807, 2.05) is 41.5 Å². The molecule has 0 aliphatic heterocycles. The fourth-order valence-electron chi connectivity index (χ4n) is 3.87. The molecule has 0 heterocycles. The highest BCUT2D eigenvalue weighted by Gasteiger charge is 2.27. The number of ether oxygens (including phenoxy) is 2. The van der Waals surface area contributed by atoms with E-state index in [4.69, 9.17) is 26.5 Å². The van der Waals surface area contributed by atoms with E-state index in [-0.39, 0.29) is 48.8 Å². The Morgan fingerprint density at radius 1 is 0.980 bits per heavy atom. The molecule has 2 unspecified atom stereocenters. The summed E-state index contributed by atoms with van der Waals surface area (Å²) in [6, 6.07) is -0.805. The summed E-state index contributed by atoms with van der Waals surface area (Å²) in [7, 11) is 1.63. The maximum absolute atomic E-state index is 12.5. The standard InChI is InChI=1S/C30H58N6O7S.C2H5N.C2H6/c1-7-8-19-44-23(21-37)20-27(40)36(6)17-13-25(38)33-15-10-9-11-24(28(31)41)35-26(39)12-14-29(2,3)43-22-30(4,5)42-18-16-34-32;1-2-3;1-2/h21,23-24,34H,7-20,22,32H2,1-6H3,(H2,31,41)(H,33,38)(H,35,39);2-3H,1H3;1-2H3. The number of unbranched alkanes of at least 4 members (excludes halogenated alkanes) is 2. The Labute approximate surface area is 300 Å². The first kappa shape index (κ1) is 50.8. The molecule has 0 radical (unpaired) electrons. The van der Waals surface area contributed by atoms with Crippen molar-refractivity contribution in [2.45, 2.75) is 136 Å². The molecule has 0 fully saturated rings. The summed E-state index contributed by atoms with van der Waals surface area (Å²) in [5.41, 5.74) is 6.94. The van der Waals surface area contributed by atoms with Crippen LogP contribution in [0.3, 0.4) is 0 Å². The number of carbonyl (C=O) groups excluding carboxylic acids is 5. The number of nitrogens with zero attached hydrogens (tertiary/aromatic N) is 1. The van der Waals surface area contributed by atoms with Gasteiger partial charge in [-0.3, -0.25) is 30.4 Å². The van der Waals surface area contributed by atoms with E-state index in [1.54, 1.807) is 14.0 Å². The lowest BCUT2D eigenvalue weighted by Crippen LogP contribution is -2.45. The summed E-state index contributed by atoms with van der Waals surface area (Å²) in [6.45, 7) is 17.3. The average molecular weight is 720 g/mol. The van der Waals surface area contributed by atoms with Gasteiger partial charge in [0.15, 0.2) is 0 Å². The molecule has 2 atom stereocenters. The third kappa shape index (κ3) is 31.2. The number of hydrazine groups is 1. The summed E-state index contributed by atoms with van der Waals surface area (Å²) >= 11 is 1.49. The predicted molar refractivity (Wildman–Crippen MR) is 199 cm³/mol. The van der Waals surface area contributed by atoms with Gasteiger partial charge in [-0.2, -0.15) is 11.8 Å². The summed E-state index contributed by atoms with van der Waals surface area (Å²) in [4.78, 5) is 61.8. The van der Waals surface area contributed by atoms with Crippen molar-refractivity contribution in [3.05, 3.63) is 0 Å². The first-order valence-electron chi connectivity index (χ1n) is 17.4. The average Bonchev–Trinajstić information content (AvgIpc) is 3.05. The van der Waals surface area contributed by atoms with Gasteiger partial charge in [0.25, 0.3) is 0 Å². The van der Waals surface area contributed by atoms with E-state index in [1.165, 1.54) is 22.9 Å². The number of hydrogen-bond donors (Lipinski definition) is 6. The van der Waals surface area contributed by atoms with Crippen molar-refractivity contribution in [3.8, 4) is 0 Å². The molecule has 4 amide bonds. The number of carbonyl (C=O) groups is 5. The molecule has 0 aliphatic carbocycles. The Morgan fingerprint density at radius 3 is 2.16 bits per heavy atom. The number of thioether (sulfide) groups is 1. The molecular weight excluding hydrogens is 650 g/mol. The minimum atomic E-state index is -0.805. The van der Waals surface area contributed by atoms with E-state index < -0.39 is 23.2 Å². The van der Waals surface area contributed by atoms with Gasteiger partial charge >= 0.3 is 0 Å². The zero-order chi connectivity index (χ0) is 38.3. The van der Waals surface area contributed by atoms with Crippen molar-refractivity contribution in [1.82, 2.24) is 21.0 Å². The van der Waals surface area contributed by atoms with Crippen molar-refractivity contribution < 1.29 is 33.4 Å². The lowest BCUT2D eigenvalue weighted by Gasteiger charge is -2.32. The van der Waals surface area contributed by atoms with Gasteiger partial charge in [-0.05, 0) is 78.7 Å². The number of rotatable bonds is 27. The summed E-state index contributed by atoms with van der Waals surface area (Å²) in [5.74, 6) is 4.84. The third-order valence-electron chi connectivity index (χ3n) is 6.88. The van der Waals surface area contributed by atoms with E-state index in [9.17, 15) is 24.0 Å². The first-order chi connectivity index (χ1) is 23.1. The van der Waals surface area contributed by atoms with Crippen molar-refractivity contribution in [2.24, 2.45) is 11.6 Å². The normalized spacial score (nSPS) is 12.2. The molecule has 0 spiro atoms. The second-order valence-corrected chi connectivity index (χ2v) is 13.8. The quantitative estimate of drug-likeness (QED) is 0.0240. The van der Waals surface area contributed by atoms with Gasteiger partial charge in [0.2, 0.25) is 23.6 Å². The summed E-state index contributed by atoms with van der Waals surface area (Å²) in [5, 5.41) is 11.2. The fourth-order valence-corrected chi connectivity index (χ4v) is 4.97. The molecule has 14 nitrogen and oxygen atoms in total. The van der Waals surface area contributed by atoms with E-state index in [0.29, 0.717) is 52.0 Å². The van der Waals surface area contributed by atoms with Crippen LogP contribution >= 0.6 is 11.8 Å². The van der Waals surface area contributed by atoms with Crippen LogP contribution in [0.1, 0.15) is 113 Å². The smallest absolute Gasteiger partial charge is 0.239 e. The van der Waals surface area contributed by atoms with Crippen LogP contribution in [-0.2, 0) is 33.4 Å². The van der Waals surface area contributed by atoms with Gasteiger partial charge in [0.05, 0.1) is 29.7 Å². The molecule has 49 heavy (non-hydrogen) atoms. The molecular formula is C34H69N7O7S. The zero-order valence-electron chi connectivity index (χ0n) is 31.8. The van der Waals surface area contributed by atoms with E-state index in [2.05, 4.69) is 23.0 Å². The molecule has 0 aromatic heterocycles. The van der Waals surface area contributed by atoms with Gasteiger partial charge in [-0.15, -0.1) is 0 Å². The Balaban J connectivity index is -0.00000399. The van der Waals surface area contributed by atoms with Crippen LogP contribution in [0.25, 0.3) is 0 Å². The minimum Gasteiger partial charge on any atom is -0.373 e. The maximum Gasteiger partial charge on any atom is 0.239 e. The van der Waals surface area contributed by atoms with E-state index in [0.717, 1.165) is 24.9 Å². The monoisotopic (exact) mass is 719 g/mol. The molecule has 0 aromatic rings. The van der Waals surface area contributed by atoms with Crippen molar-refractivity contribution in [3.63, 3.8) is 0 Å². The largest absolute Gasteiger partial charge is 0.373 e. The van der Waals surface area contributed by atoms with Crippen LogP contribution in [-0.4, -0.2) is 109 Å². The number of nitrogens with one attached hydrogen (secondary N) is 4. The summed E-state index contributed by atoms with van der Waals surface area (Å²) in [6.07, 6.45) is 6.48. The first-order valence-corrected chi connectivity index (χ1v) is 18.5. The van der Waals surface area contributed by atoms with Crippen LogP contribution in [0, 0.1) is 5.41 Å². The Bertz CT molecular complexity index is 923. The van der Waals surface area contributed by atoms with E-state index >= 15 is 0 Å².